The lowest BCUT2D eigenvalue weighted by Crippen LogP contribution is -2.06. The van der Waals surface area contributed by atoms with Crippen LogP contribution in [0.5, 0.6) is 0 Å². The number of aryl methyl sites for hydroxylation is 2. The van der Waals surface area contributed by atoms with Crippen LogP contribution in [0.1, 0.15) is 30.0 Å². The topological polar surface area (TPSA) is 72.0 Å². The summed E-state index contributed by atoms with van der Waals surface area (Å²) >= 11 is 1.09. The molecular weight excluding hydrogens is 306 g/mol. The molecule has 5 nitrogen and oxygen atoms in total. The van der Waals surface area contributed by atoms with Crippen molar-refractivity contribution in [3.8, 4) is 0 Å². The van der Waals surface area contributed by atoms with E-state index in [1.54, 1.807) is 0 Å². The van der Waals surface area contributed by atoms with Crippen LogP contribution in [-0.4, -0.2) is 25.2 Å². The Labute approximate surface area is 129 Å². The molecule has 2 aromatic rings. The molecule has 1 aromatic heterocycles. The van der Waals surface area contributed by atoms with E-state index in [0.29, 0.717) is 5.13 Å². The van der Waals surface area contributed by atoms with Crippen molar-refractivity contribution in [2.75, 3.05) is 11.9 Å². The van der Waals surface area contributed by atoms with Crippen LogP contribution in [0.4, 0.5) is 5.13 Å². The van der Waals surface area contributed by atoms with Crippen LogP contribution in [0.2, 0.25) is 0 Å². The average Bonchev–Trinajstić information content (AvgIpc) is 2.90. The number of rotatable bonds is 6. The molecule has 1 aromatic carbocycles. The highest BCUT2D eigenvalue weighted by molar-refractivity contribution is 7.92. The monoisotopic (exact) mass is 325 g/mol. The van der Waals surface area contributed by atoms with Crippen molar-refractivity contribution in [3.63, 3.8) is 0 Å². The van der Waals surface area contributed by atoms with Gasteiger partial charge in [-0.15, -0.1) is 10.2 Å². The van der Waals surface area contributed by atoms with Gasteiger partial charge in [0.1, 0.15) is 0 Å². The predicted octanol–water partition coefficient (Wildman–Crippen LogP) is 2.95. The van der Waals surface area contributed by atoms with E-state index in [1.165, 1.54) is 0 Å². The first-order valence-electron chi connectivity index (χ1n) is 6.78. The molecule has 0 aliphatic carbocycles. The zero-order valence-electron chi connectivity index (χ0n) is 12.4. The van der Waals surface area contributed by atoms with Gasteiger partial charge in [-0.2, -0.15) is 0 Å². The Kier molecular flexibility index (Phi) is 4.95. The highest BCUT2D eigenvalue weighted by Gasteiger charge is 2.21. The van der Waals surface area contributed by atoms with Crippen molar-refractivity contribution in [3.05, 3.63) is 34.9 Å². The summed E-state index contributed by atoms with van der Waals surface area (Å²) in [5.41, 5.74) is 2.83. The Balaban J connectivity index is 2.22. The Bertz CT molecular complexity index is 724. The quantitative estimate of drug-likeness (QED) is 0.884. The van der Waals surface area contributed by atoms with Crippen molar-refractivity contribution in [1.82, 2.24) is 10.2 Å². The number of hydrogen-bond acceptors (Lipinski definition) is 6. The molecule has 0 amide bonds. The fourth-order valence-corrected chi connectivity index (χ4v) is 4.29. The Morgan fingerprint density at radius 2 is 2.00 bits per heavy atom. The Morgan fingerprint density at radius 3 is 2.71 bits per heavy atom. The van der Waals surface area contributed by atoms with Gasteiger partial charge in [0.05, 0.1) is 5.75 Å². The van der Waals surface area contributed by atoms with Gasteiger partial charge in [0.25, 0.3) is 0 Å². The molecule has 0 fully saturated rings. The molecule has 2 rings (SSSR count). The van der Waals surface area contributed by atoms with Gasteiger partial charge < -0.3 is 5.32 Å². The third-order valence-electron chi connectivity index (χ3n) is 3.05. The van der Waals surface area contributed by atoms with Crippen LogP contribution >= 0.6 is 11.3 Å². The van der Waals surface area contributed by atoms with Crippen LogP contribution in [0.25, 0.3) is 0 Å². The van der Waals surface area contributed by atoms with E-state index in [0.717, 1.165) is 41.0 Å². The molecule has 0 saturated heterocycles. The summed E-state index contributed by atoms with van der Waals surface area (Å²) in [6, 6.07) is 5.82. The van der Waals surface area contributed by atoms with Gasteiger partial charge >= 0.3 is 0 Å². The van der Waals surface area contributed by atoms with Gasteiger partial charge in [-0.05, 0) is 31.4 Å². The van der Waals surface area contributed by atoms with E-state index < -0.39 is 9.84 Å². The zero-order chi connectivity index (χ0) is 15.5. The van der Waals surface area contributed by atoms with Crippen LogP contribution in [0.3, 0.4) is 0 Å². The summed E-state index contributed by atoms with van der Waals surface area (Å²) in [7, 11) is -3.45. The molecule has 7 heteroatoms. The number of nitrogens with one attached hydrogen (secondary N) is 1. The Hall–Kier alpha value is -1.47. The standard InChI is InChI=1S/C14H19N3O2S2/c1-4-7-15-13-16-17-14(20-13)21(18,19)9-12-8-10(2)5-6-11(12)3/h5-6,8H,4,7,9H2,1-3H3,(H,15,16). The van der Waals surface area contributed by atoms with E-state index in [9.17, 15) is 8.42 Å². The molecule has 0 atom stereocenters. The van der Waals surface area contributed by atoms with Crippen molar-refractivity contribution >= 4 is 26.3 Å². The minimum absolute atomic E-state index is 0.0388. The first-order valence-corrected chi connectivity index (χ1v) is 9.25. The van der Waals surface area contributed by atoms with E-state index in [-0.39, 0.29) is 10.1 Å². The van der Waals surface area contributed by atoms with Gasteiger partial charge in [-0.25, -0.2) is 8.42 Å². The molecule has 0 saturated carbocycles. The molecule has 0 aliphatic heterocycles. The first-order chi connectivity index (χ1) is 9.92. The Morgan fingerprint density at radius 1 is 1.24 bits per heavy atom. The van der Waals surface area contributed by atoms with Crippen molar-refractivity contribution in [2.24, 2.45) is 0 Å². The smallest absolute Gasteiger partial charge is 0.234 e. The lowest BCUT2D eigenvalue weighted by Gasteiger charge is -2.06. The third-order valence-corrected chi connectivity index (χ3v) is 6.04. The molecular formula is C14H19N3O2S2. The van der Waals surface area contributed by atoms with E-state index in [2.05, 4.69) is 15.5 Å². The molecule has 0 bridgehead atoms. The van der Waals surface area contributed by atoms with Gasteiger partial charge in [0.2, 0.25) is 19.3 Å². The van der Waals surface area contributed by atoms with Crippen molar-refractivity contribution in [1.29, 1.82) is 0 Å². The van der Waals surface area contributed by atoms with Crippen LogP contribution in [0, 0.1) is 13.8 Å². The van der Waals surface area contributed by atoms with Crippen LogP contribution in [0.15, 0.2) is 22.5 Å². The number of benzene rings is 1. The van der Waals surface area contributed by atoms with E-state index >= 15 is 0 Å². The minimum atomic E-state index is -3.45. The summed E-state index contributed by atoms with van der Waals surface area (Å²) in [5, 5.41) is 11.3. The van der Waals surface area contributed by atoms with Crippen LogP contribution < -0.4 is 5.32 Å². The maximum atomic E-state index is 12.4. The number of aromatic nitrogens is 2. The van der Waals surface area contributed by atoms with E-state index in [4.69, 9.17) is 0 Å². The summed E-state index contributed by atoms with van der Waals surface area (Å²) in [5.74, 6) is -0.0388. The normalized spacial score (nSPS) is 11.6. The fraction of sp³-hybridized carbons (Fsp3) is 0.429. The highest BCUT2D eigenvalue weighted by Crippen LogP contribution is 2.24. The molecule has 0 spiro atoms. The maximum Gasteiger partial charge on any atom is 0.234 e. The first kappa shape index (κ1) is 15.9. The van der Waals surface area contributed by atoms with Gasteiger partial charge in [-0.1, -0.05) is 42.0 Å². The molecule has 21 heavy (non-hydrogen) atoms. The van der Waals surface area contributed by atoms with Gasteiger partial charge in [-0.3, -0.25) is 0 Å². The summed E-state index contributed by atoms with van der Waals surface area (Å²) in [6.45, 7) is 6.66. The SMILES string of the molecule is CCCNc1nnc(S(=O)(=O)Cc2cc(C)ccc2C)s1. The fourth-order valence-electron chi connectivity index (χ4n) is 1.86. The van der Waals surface area contributed by atoms with Crippen molar-refractivity contribution in [2.45, 2.75) is 37.3 Å². The number of anilines is 1. The van der Waals surface area contributed by atoms with Crippen molar-refractivity contribution < 1.29 is 8.42 Å². The van der Waals surface area contributed by atoms with Gasteiger partial charge in [0.15, 0.2) is 0 Å². The summed E-state index contributed by atoms with van der Waals surface area (Å²) in [4.78, 5) is 0. The third kappa shape index (κ3) is 4.01. The van der Waals surface area contributed by atoms with Gasteiger partial charge in [0, 0.05) is 6.54 Å². The van der Waals surface area contributed by atoms with Crippen LogP contribution in [-0.2, 0) is 15.6 Å². The predicted molar refractivity (Wildman–Crippen MR) is 85.5 cm³/mol. The molecule has 0 radical (unpaired) electrons. The number of nitrogens with zero attached hydrogens (tertiary/aromatic N) is 2. The lowest BCUT2D eigenvalue weighted by atomic mass is 10.1. The number of hydrogen-bond donors (Lipinski definition) is 1. The second-order valence-corrected chi connectivity index (χ2v) is 8.13. The molecule has 0 unspecified atom stereocenters. The summed E-state index contributed by atoms with van der Waals surface area (Å²) < 4.78 is 24.9. The minimum Gasteiger partial charge on any atom is -0.360 e. The molecule has 0 aliphatic rings. The van der Waals surface area contributed by atoms with E-state index in [1.807, 2.05) is 39.0 Å². The zero-order valence-corrected chi connectivity index (χ0v) is 14.0. The highest BCUT2D eigenvalue weighted by atomic mass is 32.2. The number of sulfone groups is 1. The largest absolute Gasteiger partial charge is 0.360 e. The molecule has 1 heterocycles. The summed E-state index contributed by atoms with van der Waals surface area (Å²) in [6.07, 6.45) is 0.949. The second kappa shape index (κ2) is 6.53. The molecule has 1 N–H and O–H groups in total. The lowest BCUT2D eigenvalue weighted by molar-refractivity contribution is 0.593. The average molecular weight is 325 g/mol. The molecule has 114 valence electrons. The second-order valence-electron chi connectivity index (χ2n) is 4.99. The maximum absolute atomic E-state index is 12.4.